The number of anilines is 3. The molecule has 0 unspecified atom stereocenters. The first kappa shape index (κ1) is 14.9. The van der Waals surface area contributed by atoms with Crippen LogP contribution in [0.3, 0.4) is 0 Å². The van der Waals surface area contributed by atoms with E-state index in [0.717, 1.165) is 22.4 Å². The largest absolute Gasteiger partial charge is 0.350 e. The van der Waals surface area contributed by atoms with Gasteiger partial charge in [0.1, 0.15) is 5.82 Å². The molecule has 4 N–H and O–H groups in total. The first-order chi connectivity index (χ1) is 12.8. The van der Waals surface area contributed by atoms with E-state index in [4.69, 9.17) is 0 Å². The molecule has 0 saturated heterocycles. The molecule has 1 aliphatic carbocycles. The highest BCUT2D eigenvalue weighted by molar-refractivity contribution is 5.75. The summed E-state index contributed by atoms with van der Waals surface area (Å²) in [6, 6.07) is 9.98. The summed E-state index contributed by atoms with van der Waals surface area (Å²) in [6.07, 6.45) is 5.91. The van der Waals surface area contributed by atoms with E-state index >= 15 is 0 Å². The van der Waals surface area contributed by atoms with E-state index in [9.17, 15) is 0 Å². The number of rotatable bonds is 6. The van der Waals surface area contributed by atoms with Gasteiger partial charge in [0.25, 0.3) is 0 Å². The van der Waals surface area contributed by atoms with Crippen LogP contribution in [-0.4, -0.2) is 30.1 Å². The number of aromatic nitrogens is 6. The van der Waals surface area contributed by atoms with Crippen molar-refractivity contribution in [2.75, 3.05) is 10.6 Å². The van der Waals surface area contributed by atoms with Gasteiger partial charge >= 0.3 is 0 Å². The van der Waals surface area contributed by atoms with Crippen LogP contribution in [0.15, 0.2) is 42.9 Å². The van der Waals surface area contributed by atoms with Crippen molar-refractivity contribution < 1.29 is 0 Å². The molecular weight excluding hydrogens is 328 g/mol. The quantitative estimate of drug-likeness (QED) is 0.427. The van der Waals surface area contributed by atoms with Crippen LogP contribution >= 0.6 is 0 Å². The third-order valence-corrected chi connectivity index (χ3v) is 4.46. The van der Waals surface area contributed by atoms with Crippen molar-refractivity contribution in [3.63, 3.8) is 0 Å². The zero-order chi connectivity index (χ0) is 17.3. The number of nitrogens with zero attached hydrogens (tertiary/aromatic N) is 4. The normalized spacial score (nSPS) is 13.8. The minimum atomic E-state index is 0.567. The van der Waals surface area contributed by atoms with Gasteiger partial charge in [0.15, 0.2) is 5.82 Å². The van der Waals surface area contributed by atoms with Crippen molar-refractivity contribution in [2.24, 2.45) is 0 Å². The van der Waals surface area contributed by atoms with E-state index in [1.807, 2.05) is 24.3 Å². The van der Waals surface area contributed by atoms with Gasteiger partial charge in [-0.25, -0.2) is 9.97 Å². The monoisotopic (exact) mass is 346 g/mol. The summed E-state index contributed by atoms with van der Waals surface area (Å²) in [7, 11) is 0. The molecule has 130 valence electrons. The molecule has 0 radical (unpaired) electrons. The van der Waals surface area contributed by atoms with Gasteiger partial charge in [-0.05, 0) is 36.6 Å². The third kappa shape index (κ3) is 3.08. The average Bonchev–Trinajstić information content (AvgIpc) is 3.23. The van der Waals surface area contributed by atoms with E-state index in [1.165, 1.54) is 18.5 Å². The Bertz CT molecular complexity index is 1050. The molecule has 4 aromatic rings. The Labute approximate surface area is 149 Å². The molecular formula is C18H18N8. The summed E-state index contributed by atoms with van der Waals surface area (Å²) in [4.78, 5) is 16.1. The summed E-state index contributed by atoms with van der Waals surface area (Å²) in [5.41, 5.74) is 4.30. The van der Waals surface area contributed by atoms with Gasteiger partial charge in [0.2, 0.25) is 5.95 Å². The van der Waals surface area contributed by atoms with Crippen LogP contribution < -0.4 is 10.6 Å². The molecule has 1 saturated carbocycles. The van der Waals surface area contributed by atoms with E-state index in [2.05, 4.69) is 46.8 Å². The molecule has 8 heteroatoms. The number of benzene rings is 1. The highest BCUT2D eigenvalue weighted by Gasteiger charge is 2.25. The number of fused-ring (bicyclic) bond motifs is 1. The molecule has 0 amide bonds. The number of nitrogens with one attached hydrogen (secondary N) is 4. The van der Waals surface area contributed by atoms with Crippen LogP contribution in [0, 0.1) is 0 Å². The van der Waals surface area contributed by atoms with Crippen LogP contribution in [0.4, 0.5) is 17.6 Å². The molecule has 3 heterocycles. The first-order valence-electron chi connectivity index (χ1n) is 8.65. The van der Waals surface area contributed by atoms with E-state index < -0.39 is 0 Å². The third-order valence-electron chi connectivity index (χ3n) is 4.46. The van der Waals surface area contributed by atoms with Crippen LogP contribution in [-0.2, 0) is 6.54 Å². The highest BCUT2D eigenvalue weighted by atomic mass is 15.2. The zero-order valence-electron chi connectivity index (χ0n) is 14.0. The first-order valence-corrected chi connectivity index (χ1v) is 8.65. The lowest BCUT2D eigenvalue weighted by atomic mass is 10.2. The Hall–Kier alpha value is -3.42. The maximum Gasteiger partial charge on any atom is 0.224 e. The second-order valence-corrected chi connectivity index (χ2v) is 6.48. The summed E-state index contributed by atoms with van der Waals surface area (Å²) < 4.78 is 0. The Kier molecular flexibility index (Phi) is 3.52. The average molecular weight is 346 g/mol. The predicted octanol–water partition coefficient (Wildman–Crippen LogP) is 3.31. The van der Waals surface area contributed by atoms with Crippen molar-refractivity contribution in [3.05, 3.63) is 54.1 Å². The molecule has 3 aromatic heterocycles. The van der Waals surface area contributed by atoms with Crippen LogP contribution in [0.2, 0.25) is 0 Å². The maximum absolute atomic E-state index is 4.50. The molecule has 0 aliphatic heterocycles. The van der Waals surface area contributed by atoms with Crippen molar-refractivity contribution in [2.45, 2.75) is 25.3 Å². The number of imidazole rings is 1. The topological polar surface area (TPSA) is 107 Å². The Balaban J connectivity index is 1.26. The molecule has 0 spiro atoms. The Morgan fingerprint density at radius 3 is 2.96 bits per heavy atom. The number of hydrogen-bond acceptors (Lipinski definition) is 6. The van der Waals surface area contributed by atoms with Gasteiger partial charge in [0, 0.05) is 30.4 Å². The fraction of sp³-hybridized carbons (Fsp3) is 0.222. The lowest BCUT2D eigenvalue weighted by molar-refractivity contribution is 0.966. The van der Waals surface area contributed by atoms with Gasteiger partial charge in [-0.15, -0.1) is 0 Å². The molecule has 5 rings (SSSR count). The predicted molar refractivity (Wildman–Crippen MR) is 99.3 cm³/mol. The van der Waals surface area contributed by atoms with E-state index in [0.29, 0.717) is 24.2 Å². The highest BCUT2D eigenvalue weighted by Crippen LogP contribution is 2.39. The molecule has 1 aliphatic rings. The number of H-pyrrole nitrogens is 2. The van der Waals surface area contributed by atoms with Gasteiger partial charge in [0.05, 0.1) is 17.4 Å². The zero-order valence-corrected chi connectivity index (χ0v) is 14.0. The SMILES string of the molecule is c1cc(Nc2cc(C3CC3)[nH]n2)nc(NCc2ccc3nc[nH]c3c2)n1. The van der Waals surface area contributed by atoms with E-state index in [-0.39, 0.29) is 0 Å². The van der Waals surface area contributed by atoms with Crippen molar-refractivity contribution in [1.82, 2.24) is 30.1 Å². The summed E-state index contributed by atoms with van der Waals surface area (Å²) in [6.45, 7) is 0.632. The fourth-order valence-electron chi connectivity index (χ4n) is 2.92. The lowest BCUT2D eigenvalue weighted by Crippen LogP contribution is -2.05. The smallest absolute Gasteiger partial charge is 0.224 e. The molecule has 1 aromatic carbocycles. The fourth-order valence-corrected chi connectivity index (χ4v) is 2.92. The Morgan fingerprint density at radius 1 is 1.08 bits per heavy atom. The molecule has 0 bridgehead atoms. The summed E-state index contributed by atoms with van der Waals surface area (Å²) >= 11 is 0. The van der Waals surface area contributed by atoms with Crippen LogP contribution in [0.5, 0.6) is 0 Å². The van der Waals surface area contributed by atoms with Crippen molar-refractivity contribution in [1.29, 1.82) is 0 Å². The lowest BCUT2D eigenvalue weighted by Gasteiger charge is -2.07. The minimum absolute atomic E-state index is 0.567. The van der Waals surface area contributed by atoms with Crippen molar-refractivity contribution >= 4 is 28.6 Å². The standard InChI is InChI=1S/C18H18N8/c1-4-13-15(22-10-21-13)7-11(1)9-20-18-19-6-5-16(24-18)23-17-8-14(25-26-17)12-2-3-12/h1,4-8,10,12H,2-3,9H2,(H,21,22)(H3,19,20,23,24,25,26). The van der Waals surface area contributed by atoms with Gasteiger partial charge in [-0.2, -0.15) is 10.1 Å². The summed E-state index contributed by atoms with van der Waals surface area (Å²) in [5.74, 6) is 2.70. The minimum Gasteiger partial charge on any atom is -0.350 e. The molecule has 1 fully saturated rings. The second-order valence-electron chi connectivity index (χ2n) is 6.48. The van der Waals surface area contributed by atoms with Crippen LogP contribution in [0.1, 0.15) is 30.0 Å². The molecule has 8 nitrogen and oxygen atoms in total. The van der Waals surface area contributed by atoms with Crippen LogP contribution in [0.25, 0.3) is 11.0 Å². The Morgan fingerprint density at radius 2 is 2.04 bits per heavy atom. The maximum atomic E-state index is 4.50. The van der Waals surface area contributed by atoms with E-state index in [1.54, 1.807) is 12.5 Å². The second kappa shape index (κ2) is 6.14. The number of aromatic amines is 2. The molecule has 26 heavy (non-hydrogen) atoms. The van der Waals surface area contributed by atoms with Gasteiger partial charge in [-0.3, -0.25) is 5.10 Å². The van der Waals surface area contributed by atoms with Gasteiger partial charge < -0.3 is 15.6 Å². The molecule has 0 atom stereocenters. The van der Waals surface area contributed by atoms with Crippen molar-refractivity contribution in [3.8, 4) is 0 Å². The number of hydrogen-bond donors (Lipinski definition) is 4. The van der Waals surface area contributed by atoms with Gasteiger partial charge in [-0.1, -0.05) is 6.07 Å². The summed E-state index contributed by atoms with van der Waals surface area (Å²) in [5, 5.41) is 13.8.